The van der Waals surface area contributed by atoms with Crippen LogP contribution in [0.25, 0.3) is 0 Å². The van der Waals surface area contributed by atoms with Gasteiger partial charge in [-0.25, -0.2) is 0 Å². The van der Waals surface area contributed by atoms with Gasteiger partial charge in [-0.05, 0) is 12.8 Å². The Balaban J connectivity index is 2.49. The third-order valence-corrected chi connectivity index (χ3v) is 2.53. The summed E-state index contributed by atoms with van der Waals surface area (Å²) in [5, 5.41) is 0. The molecule has 1 aliphatic heterocycles. The molecule has 0 saturated carbocycles. The van der Waals surface area contributed by atoms with E-state index in [1.54, 1.807) is 0 Å². The van der Waals surface area contributed by atoms with Crippen molar-refractivity contribution >= 4 is 17.5 Å². The number of halogens is 1. The molecule has 11 heavy (non-hydrogen) atoms. The van der Waals surface area contributed by atoms with E-state index in [9.17, 15) is 4.79 Å². The number of hydrogen-bond donors (Lipinski definition) is 0. The van der Waals surface area contributed by atoms with Crippen molar-refractivity contribution in [1.29, 1.82) is 0 Å². The number of nitrogens with zero attached hydrogens (tertiary/aromatic N) is 1. The Labute approximate surface area is 72.5 Å². The van der Waals surface area contributed by atoms with Gasteiger partial charge < -0.3 is 4.90 Å². The van der Waals surface area contributed by atoms with Crippen molar-refractivity contribution in [2.75, 3.05) is 12.4 Å². The van der Waals surface area contributed by atoms with Gasteiger partial charge in [0.1, 0.15) is 0 Å². The Morgan fingerprint density at radius 3 is 3.00 bits per heavy atom. The first kappa shape index (κ1) is 8.85. The fourth-order valence-corrected chi connectivity index (χ4v) is 1.85. The summed E-state index contributed by atoms with van der Waals surface area (Å²) in [6.07, 6.45) is 2.80. The molecule has 0 aromatic heterocycles. The minimum absolute atomic E-state index is 0.244. The van der Waals surface area contributed by atoms with Crippen LogP contribution < -0.4 is 0 Å². The fraction of sp³-hybridized carbons (Fsp3) is 0.875. The maximum absolute atomic E-state index is 11.3. The SMILES string of the molecule is CCC(=O)N1CCC[C@@H]1CCl. The molecule has 0 N–H and O–H groups in total. The van der Waals surface area contributed by atoms with E-state index in [2.05, 4.69) is 0 Å². The average molecular weight is 176 g/mol. The molecule has 1 saturated heterocycles. The molecule has 0 bridgehead atoms. The van der Waals surface area contributed by atoms with Crippen LogP contribution in [0.3, 0.4) is 0 Å². The van der Waals surface area contributed by atoms with Crippen LogP contribution in [-0.2, 0) is 4.79 Å². The molecule has 0 aliphatic carbocycles. The Morgan fingerprint density at radius 1 is 1.73 bits per heavy atom. The zero-order valence-corrected chi connectivity index (χ0v) is 7.60. The van der Waals surface area contributed by atoms with Crippen molar-refractivity contribution in [2.45, 2.75) is 32.2 Å². The molecule has 1 heterocycles. The number of hydrogen-bond acceptors (Lipinski definition) is 1. The van der Waals surface area contributed by atoms with E-state index in [1.807, 2.05) is 11.8 Å². The van der Waals surface area contributed by atoms with Gasteiger partial charge in [0.25, 0.3) is 0 Å². The van der Waals surface area contributed by atoms with Crippen LogP contribution in [0, 0.1) is 0 Å². The van der Waals surface area contributed by atoms with Crippen molar-refractivity contribution in [2.24, 2.45) is 0 Å². The predicted molar refractivity (Wildman–Crippen MR) is 45.7 cm³/mol. The van der Waals surface area contributed by atoms with Crippen molar-refractivity contribution in [3.05, 3.63) is 0 Å². The lowest BCUT2D eigenvalue weighted by Gasteiger charge is -2.21. The molecule has 64 valence electrons. The summed E-state index contributed by atoms with van der Waals surface area (Å²) in [5.74, 6) is 0.833. The van der Waals surface area contributed by atoms with Crippen LogP contribution in [0.5, 0.6) is 0 Å². The smallest absolute Gasteiger partial charge is 0.222 e. The molecule has 1 atom stereocenters. The molecule has 0 aromatic carbocycles. The van der Waals surface area contributed by atoms with Gasteiger partial charge in [-0.1, -0.05) is 6.92 Å². The third-order valence-electron chi connectivity index (χ3n) is 2.18. The quantitative estimate of drug-likeness (QED) is 0.585. The lowest BCUT2D eigenvalue weighted by atomic mass is 10.2. The molecular formula is C8H14ClNO. The normalized spacial score (nSPS) is 24.2. The molecule has 1 aliphatic rings. The third kappa shape index (κ3) is 1.86. The minimum atomic E-state index is 0.244. The van der Waals surface area contributed by atoms with Gasteiger partial charge in [0, 0.05) is 24.9 Å². The molecule has 3 heteroatoms. The number of amides is 1. The molecule has 1 rings (SSSR count). The molecule has 2 nitrogen and oxygen atoms in total. The summed E-state index contributed by atoms with van der Waals surface area (Å²) in [5.41, 5.74) is 0. The number of carbonyl (C=O) groups is 1. The first-order valence-electron chi connectivity index (χ1n) is 4.15. The molecule has 0 aromatic rings. The molecule has 1 fully saturated rings. The standard InChI is InChI=1S/C8H14ClNO/c1-2-8(11)10-5-3-4-7(10)6-9/h7H,2-6H2,1H3/t7-/m1/s1. The summed E-state index contributed by atoms with van der Waals surface area (Å²) in [6.45, 7) is 2.80. The second-order valence-corrected chi connectivity index (χ2v) is 3.20. The largest absolute Gasteiger partial charge is 0.339 e. The maximum Gasteiger partial charge on any atom is 0.222 e. The zero-order chi connectivity index (χ0) is 8.27. The number of likely N-dealkylation sites (tertiary alicyclic amines) is 1. The Bertz CT molecular complexity index is 149. The van der Waals surface area contributed by atoms with E-state index in [0.29, 0.717) is 18.3 Å². The number of alkyl halides is 1. The van der Waals surface area contributed by atoms with Crippen molar-refractivity contribution in [1.82, 2.24) is 4.90 Å². The second kappa shape index (κ2) is 3.96. The van der Waals surface area contributed by atoms with Crippen LogP contribution in [0.1, 0.15) is 26.2 Å². The summed E-state index contributed by atoms with van der Waals surface area (Å²) in [6, 6.07) is 0.309. The Kier molecular flexibility index (Phi) is 3.18. The summed E-state index contributed by atoms with van der Waals surface area (Å²) in [4.78, 5) is 13.2. The first-order chi connectivity index (χ1) is 5.29. The predicted octanol–water partition coefficient (Wildman–Crippen LogP) is 1.63. The summed E-state index contributed by atoms with van der Waals surface area (Å²) >= 11 is 5.71. The molecular weight excluding hydrogens is 162 g/mol. The van der Waals surface area contributed by atoms with E-state index in [-0.39, 0.29) is 5.91 Å². The van der Waals surface area contributed by atoms with Crippen LogP contribution in [0.2, 0.25) is 0 Å². The van der Waals surface area contributed by atoms with E-state index < -0.39 is 0 Å². The van der Waals surface area contributed by atoms with E-state index in [0.717, 1.165) is 19.4 Å². The van der Waals surface area contributed by atoms with E-state index in [1.165, 1.54) is 0 Å². The van der Waals surface area contributed by atoms with E-state index >= 15 is 0 Å². The van der Waals surface area contributed by atoms with Gasteiger partial charge in [-0.15, -0.1) is 11.6 Å². The zero-order valence-electron chi connectivity index (χ0n) is 6.85. The fourth-order valence-electron chi connectivity index (χ4n) is 1.53. The van der Waals surface area contributed by atoms with Crippen LogP contribution >= 0.6 is 11.6 Å². The van der Waals surface area contributed by atoms with Crippen molar-refractivity contribution < 1.29 is 4.79 Å². The number of carbonyl (C=O) groups excluding carboxylic acids is 1. The maximum atomic E-state index is 11.3. The second-order valence-electron chi connectivity index (χ2n) is 2.89. The van der Waals surface area contributed by atoms with Gasteiger partial charge in [0.2, 0.25) is 5.91 Å². The highest BCUT2D eigenvalue weighted by molar-refractivity contribution is 6.18. The molecule has 1 amide bonds. The summed E-state index contributed by atoms with van der Waals surface area (Å²) in [7, 11) is 0. The Hall–Kier alpha value is -0.240. The van der Waals surface area contributed by atoms with Gasteiger partial charge in [0.05, 0.1) is 0 Å². The van der Waals surface area contributed by atoms with Crippen LogP contribution in [-0.4, -0.2) is 29.3 Å². The van der Waals surface area contributed by atoms with E-state index in [4.69, 9.17) is 11.6 Å². The van der Waals surface area contributed by atoms with Crippen LogP contribution in [0.15, 0.2) is 0 Å². The highest BCUT2D eigenvalue weighted by atomic mass is 35.5. The molecule has 0 radical (unpaired) electrons. The topological polar surface area (TPSA) is 20.3 Å². The van der Waals surface area contributed by atoms with Crippen LogP contribution in [0.4, 0.5) is 0 Å². The number of rotatable bonds is 2. The lowest BCUT2D eigenvalue weighted by Crippen LogP contribution is -2.35. The van der Waals surface area contributed by atoms with Gasteiger partial charge in [-0.2, -0.15) is 0 Å². The van der Waals surface area contributed by atoms with Crippen molar-refractivity contribution in [3.8, 4) is 0 Å². The highest BCUT2D eigenvalue weighted by Crippen LogP contribution is 2.18. The monoisotopic (exact) mass is 175 g/mol. The first-order valence-corrected chi connectivity index (χ1v) is 4.68. The minimum Gasteiger partial charge on any atom is -0.339 e. The van der Waals surface area contributed by atoms with Gasteiger partial charge in [-0.3, -0.25) is 4.79 Å². The van der Waals surface area contributed by atoms with Crippen molar-refractivity contribution in [3.63, 3.8) is 0 Å². The molecule has 0 spiro atoms. The lowest BCUT2D eigenvalue weighted by molar-refractivity contribution is -0.131. The van der Waals surface area contributed by atoms with Gasteiger partial charge in [0.15, 0.2) is 0 Å². The average Bonchev–Trinajstić information content (AvgIpc) is 2.50. The van der Waals surface area contributed by atoms with Gasteiger partial charge >= 0.3 is 0 Å². The summed E-state index contributed by atoms with van der Waals surface area (Å²) < 4.78 is 0. The Morgan fingerprint density at radius 2 is 2.45 bits per heavy atom. The highest BCUT2D eigenvalue weighted by Gasteiger charge is 2.26. The molecule has 0 unspecified atom stereocenters.